The Balaban J connectivity index is 1.26. The van der Waals surface area contributed by atoms with E-state index in [-0.39, 0.29) is 0 Å². The Labute approximate surface area is 168 Å². The molecule has 1 fully saturated rings. The Bertz CT molecular complexity index is 863. The number of likely N-dealkylation sites (tertiary alicyclic amines) is 1. The van der Waals surface area contributed by atoms with Crippen molar-refractivity contribution in [2.75, 3.05) is 19.6 Å². The Morgan fingerprint density at radius 1 is 0.750 bits per heavy atom. The average Bonchev–Trinajstić information content (AvgIpc) is 2.76. The molecule has 0 bridgehead atoms. The second-order valence-corrected chi connectivity index (χ2v) is 7.37. The molecule has 0 spiro atoms. The molecule has 1 heterocycles. The SMILES string of the molecule is C(=Cc1ccccc1)CN1CCC(c2ccc(Oc3ccccc3)cc2)CC1. The molecule has 28 heavy (non-hydrogen) atoms. The van der Waals surface area contributed by atoms with Gasteiger partial charge in [0.15, 0.2) is 0 Å². The predicted octanol–water partition coefficient (Wildman–Crippen LogP) is 6.37. The third kappa shape index (κ3) is 5.11. The van der Waals surface area contributed by atoms with Crippen LogP contribution in [-0.2, 0) is 0 Å². The minimum absolute atomic E-state index is 0.653. The van der Waals surface area contributed by atoms with Crippen molar-refractivity contribution in [3.63, 3.8) is 0 Å². The summed E-state index contributed by atoms with van der Waals surface area (Å²) >= 11 is 0. The summed E-state index contributed by atoms with van der Waals surface area (Å²) in [5, 5.41) is 0. The van der Waals surface area contributed by atoms with E-state index in [0.717, 1.165) is 31.1 Å². The lowest BCUT2D eigenvalue weighted by atomic mass is 9.89. The molecule has 1 aliphatic heterocycles. The average molecular weight is 370 g/mol. The number of benzene rings is 3. The number of ether oxygens (including phenoxy) is 1. The maximum atomic E-state index is 5.90. The zero-order valence-corrected chi connectivity index (χ0v) is 16.2. The van der Waals surface area contributed by atoms with Crippen molar-refractivity contribution in [2.45, 2.75) is 18.8 Å². The quantitative estimate of drug-likeness (QED) is 0.500. The molecule has 4 rings (SSSR count). The largest absolute Gasteiger partial charge is 0.457 e. The minimum atomic E-state index is 0.653. The third-order valence-electron chi connectivity index (χ3n) is 5.39. The first kappa shape index (κ1) is 18.5. The summed E-state index contributed by atoms with van der Waals surface area (Å²) in [5.74, 6) is 2.44. The van der Waals surface area contributed by atoms with Crippen LogP contribution in [0, 0.1) is 0 Å². The van der Waals surface area contributed by atoms with Crippen LogP contribution in [0.15, 0.2) is 91.0 Å². The second kappa shape index (κ2) is 9.38. The van der Waals surface area contributed by atoms with Gasteiger partial charge in [0.2, 0.25) is 0 Å². The van der Waals surface area contributed by atoms with Gasteiger partial charge in [-0.3, -0.25) is 4.90 Å². The first-order valence-electron chi connectivity index (χ1n) is 10.1. The molecular weight excluding hydrogens is 342 g/mol. The molecule has 0 N–H and O–H groups in total. The van der Waals surface area contributed by atoms with Crippen LogP contribution in [0.5, 0.6) is 11.5 Å². The lowest BCUT2D eigenvalue weighted by Crippen LogP contribution is -2.33. The Kier molecular flexibility index (Phi) is 6.21. The summed E-state index contributed by atoms with van der Waals surface area (Å²) in [6, 6.07) is 29.1. The smallest absolute Gasteiger partial charge is 0.127 e. The highest BCUT2D eigenvalue weighted by molar-refractivity contribution is 5.48. The van der Waals surface area contributed by atoms with Crippen molar-refractivity contribution in [3.8, 4) is 11.5 Å². The third-order valence-corrected chi connectivity index (χ3v) is 5.39. The molecule has 2 nitrogen and oxygen atoms in total. The number of rotatable bonds is 6. The molecule has 1 saturated heterocycles. The van der Waals surface area contributed by atoms with Crippen molar-refractivity contribution in [1.82, 2.24) is 4.90 Å². The summed E-state index contributed by atoms with van der Waals surface area (Å²) in [4.78, 5) is 2.54. The highest BCUT2D eigenvalue weighted by Crippen LogP contribution is 2.30. The predicted molar refractivity (Wildman–Crippen MR) is 117 cm³/mol. The van der Waals surface area contributed by atoms with Gasteiger partial charge in [-0.1, -0.05) is 72.8 Å². The fourth-order valence-electron chi connectivity index (χ4n) is 3.78. The van der Waals surface area contributed by atoms with Gasteiger partial charge in [-0.05, 0) is 67.2 Å². The summed E-state index contributed by atoms with van der Waals surface area (Å²) in [7, 11) is 0. The van der Waals surface area contributed by atoms with E-state index in [1.807, 2.05) is 30.3 Å². The van der Waals surface area contributed by atoms with Crippen LogP contribution in [0.25, 0.3) is 6.08 Å². The van der Waals surface area contributed by atoms with Crippen molar-refractivity contribution >= 4 is 6.08 Å². The molecule has 2 heteroatoms. The minimum Gasteiger partial charge on any atom is -0.457 e. The molecule has 142 valence electrons. The topological polar surface area (TPSA) is 12.5 Å². The Hall–Kier alpha value is -2.84. The van der Waals surface area contributed by atoms with Gasteiger partial charge in [-0.25, -0.2) is 0 Å². The number of hydrogen-bond donors (Lipinski definition) is 0. The molecule has 1 aliphatic rings. The molecular formula is C26H27NO. The van der Waals surface area contributed by atoms with E-state index in [9.17, 15) is 0 Å². The van der Waals surface area contributed by atoms with Gasteiger partial charge in [0.1, 0.15) is 11.5 Å². The number of piperidine rings is 1. The van der Waals surface area contributed by atoms with E-state index in [2.05, 4.69) is 71.6 Å². The van der Waals surface area contributed by atoms with Gasteiger partial charge in [0.05, 0.1) is 0 Å². The van der Waals surface area contributed by atoms with Crippen LogP contribution in [0.3, 0.4) is 0 Å². The molecule has 0 saturated carbocycles. The molecule has 3 aromatic carbocycles. The Morgan fingerprint density at radius 2 is 1.36 bits per heavy atom. The fourth-order valence-corrected chi connectivity index (χ4v) is 3.78. The van der Waals surface area contributed by atoms with E-state index in [1.54, 1.807) is 0 Å². The second-order valence-electron chi connectivity index (χ2n) is 7.37. The van der Waals surface area contributed by atoms with Gasteiger partial charge < -0.3 is 4.74 Å². The van der Waals surface area contributed by atoms with Crippen molar-refractivity contribution in [1.29, 1.82) is 0 Å². The number of nitrogens with zero attached hydrogens (tertiary/aromatic N) is 1. The number of hydrogen-bond acceptors (Lipinski definition) is 2. The molecule has 0 aromatic heterocycles. The molecule has 0 unspecified atom stereocenters. The summed E-state index contributed by atoms with van der Waals surface area (Å²) < 4.78 is 5.90. The zero-order chi connectivity index (χ0) is 19.0. The Morgan fingerprint density at radius 3 is 2.04 bits per heavy atom. The van der Waals surface area contributed by atoms with Gasteiger partial charge in [0, 0.05) is 6.54 Å². The maximum absolute atomic E-state index is 5.90. The molecule has 0 atom stereocenters. The van der Waals surface area contributed by atoms with Gasteiger partial charge in [0.25, 0.3) is 0 Å². The van der Waals surface area contributed by atoms with Crippen molar-refractivity contribution in [3.05, 3.63) is 102 Å². The summed E-state index contributed by atoms with van der Waals surface area (Å²) in [5.41, 5.74) is 2.70. The first-order chi connectivity index (χ1) is 13.9. The van der Waals surface area contributed by atoms with Gasteiger partial charge in [-0.2, -0.15) is 0 Å². The molecule has 0 amide bonds. The van der Waals surface area contributed by atoms with Crippen LogP contribution < -0.4 is 4.74 Å². The monoisotopic (exact) mass is 369 g/mol. The van der Waals surface area contributed by atoms with Crippen LogP contribution in [0.1, 0.15) is 29.9 Å². The van der Waals surface area contributed by atoms with Crippen LogP contribution >= 0.6 is 0 Å². The zero-order valence-electron chi connectivity index (χ0n) is 16.2. The van der Waals surface area contributed by atoms with E-state index in [0.29, 0.717) is 5.92 Å². The van der Waals surface area contributed by atoms with E-state index in [4.69, 9.17) is 4.74 Å². The van der Waals surface area contributed by atoms with Crippen LogP contribution in [0.2, 0.25) is 0 Å². The standard InChI is InChI=1S/C26H27NO/c1-3-8-22(9-4-1)10-7-19-27-20-17-24(18-21-27)23-13-15-26(16-14-23)28-25-11-5-2-6-12-25/h1-16,24H,17-21H2. The lowest BCUT2D eigenvalue weighted by Gasteiger charge is -2.31. The first-order valence-corrected chi connectivity index (χ1v) is 10.1. The lowest BCUT2D eigenvalue weighted by molar-refractivity contribution is 0.233. The normalized spacial score (nSPS) is 15.7. The fraction of sp³-hybridized carbons (Fsp3) is 0.231. The summed E-state index contributed by atoms with van der Waals surface area (Å²) in [6.45, 7) is 3.35. The van der Waals surface area contributed by atoms with Crippen molar-refractivity contribution < 1.29 is 4.74 Å². The van der Waals surface area contributed by atoms with E-state index < -0.39 is 0 Å². The van der Waals surface area contributed by atoms with Gasteiger partial charge >= 0.3 is 0 Å². The number of para-hydroxylation sites is 1. The molecule has 0 radical (unpaired) electrons. The highest BCUT2D eigenvalue weighted by atomic mass is 16.5. The van der Waals surface area contributed by atoms with Gasteiger partial charge in [-0.15, -0.1) is 0 Å². The van der Waals surface area contributed by atoms with Crippen molar-refractivity contribution in [2.24, 2.45) is 0 Å². The maximum Gasteiger partial charge on any atom is 0.127 e. The molecule has 0 aliphatic carbocycles. The molecule has 3 aromatic rings. The highest BCUT2D eigenvalue weighted by Gasteiger charge is 2.19. The van der Waals surface area contributed by atoms with Crippen LogP contribution in [-0.4, -0.2) is 24.5 Å². The van der Waals surface area contributed by atoms with E-state index in [1.165, 1.54) is 24.0 Å². The van der Waals surface area contributed by atoms with Crippen LogP contribution in [0.4, 0.5) is 0 Å². The summed E-state index contributed by atoms with van der Waals surface area (Å²) in [6.07, 6.45) is 6.94. The van der Waals surface area contributed by atoms with E-state index >= 15 is 0 Å².